The average molecular weight is 269 g/mol. The van der Waals surface area contributed by atoms with Gasteiger partial charge in [-0.05, 0) is 11.6 Å². The topological polar surface area (TPSA) is 55.2 Å². The molecule has 1 aromatic rings. The van der Waals surface area contributed by atoms with E-state index in [0.29, 0.717) is 0 Å². The van der Waals surface area contributed by atoms with Crippen molar-refractivity contribution in [2.45, 2.75) is 12.7 Å². The summed E-state index contributed by atoms with van der Waals surface area (Å²) in [7, 11) is 0. The molecule has 0 unspecified atom stereocenters. The Balaban J connectivity index is 2.70. The lowest BCUT2D eigenvalue weighted by molar-refractivity contribution is -0.384. The van der Waals surface area contributed by atoms with Crippen LogP contribution in [-0.2, 0) is 6.54 Å². The molecule has 0 atom stereocenters. The maximum absolute atomic E-state index is 11.9. The van der Waals surface area contributed by atoms with Gasteiger partial charge in [0.25, 0.3) is 5.69 Å². The highest BCUT2D eigenvalue weighted by Gasteiger charge is 2.26. The number of rotatable bonds is 4. The van der Waals surface area contributed by atoms with Gasteiger partial charge in [0.2, 0.25) is 0 Å². The number of halogens is 4. The van der Waals surface area contributed by atoms with E-state index in [2.05, 4.69) is 5.32 Å². The van der Waals surface area contributed by atoms with Gasteiger partial charge < -0.3 is 5.32 Å². The van der Waals surface area contributed by atoms with Gasteiger partial charge in [0.1, 0.15) is 0 Å². The Labute approximate surface area is 99.5 Å². The highest BCUT2D eigenvalue weighted by atomic mass is 35.5. The van der Waals surface area contributed by atoms with Crippen molar-refractivity contribution in [1.29, 1.82) is 0 Å². The van der Waals surface area contributed by atoms with Gasteiger partial charge >= 0.3 is 6.18 Å². The first-order valence-electron chi connectivity index (χ1n) is 4.50. The van der Waals surface area contributed by atoms with E-state index in [0.717, 1.165) is 6.07 Å². The quantitative estimate of drug-likeness (QED) is 0.675. The number of alkyl halides is 3. The second-order valence-corrected chi connectivity index (χ2v) is 3.66. The van der Waals surface area contributed by atoms with E-state index in [9.17, 15) is 23.3 Å². The largest absolute Gasteiger partial charge is 0.401 e. The molecule has 0 heterocycles. The van der Waals surface area contributed by atoms with Gasteiger partial charge in [-0.2, -0.15) is 13.2 Å². The normalized spacial score (nSPS) is 11.5. The summed E-state index contributed by atoms with van der Waals surface area (Å²) in [5, 5.41) is 12.8. The van der Waals surface area contributed by atoms with Crippen LogP contribution in [0.2, 0.25) is 5.02 Å². The third kappa shape index (κ3) is 4.58. The van der Waals surface area contributed by atoms with Crippen LogP contribution in [-0.4, -0.2) is 17.6 Å². The van der Waals surface area contributed by atoms with E-state index in [1.807, 2.05) is 0 Å². The minimum Gasteiger partial charge on any atom is -0.305 e. The monoisotopic (exact) mass is 268 g/mol. The number of nitro groups is 1. The molecule has 0 aromatic heterocycles. The highest BCUT2D eigenvalue weighted by Crippen LogP contribution is 2.22. The third-order valence-electron chi connectivity index (χ3n) is 1.88. The first-order chi connectivity index (χ1) is 7.79. The molecule has 0 fully saturated rings. The van der Waals surface area contributed by atoms with Crippen molar-refractivity contribution in [2.24, 2.45) is 0 Å². The zero-order valence-corrected chi connectivity index (χ0v) is 9.18. The average Bonchev–Trinajstić information content (AvgIpc) is 2.18. The summed E-state index contributed by atoms with van der Waals surface area (Å²) in [4.78, 5) is 9.82. The molecule has 0 spiro atoms. The number of non-ortho nitro benzene ring substituents is 1. The molecule has 8 heteroatoms. The molecule has 0 radical (unpaired) electrons. The Bertz CT molecular complexity index is 423. The molecule has 0 aliphatic rings. The highest BCUT2D eigenvalue weighted by molar-refractivity contribution is 6.31. The molecule has 94 valence electrons. The predicted molar refractivity (Wildman–Crippen MR) is 55.9 cm³/mol. The SMILES string of the molecule is O=[N+]([O-])c1ccc(Cl)c(CNCC(F)(F)F)c1. The lowest BCUT2D eigenvalue weighted by Gasteiger charge is -2.09. The van der Waals surface area contributed by atoms with Crippen LogP contribution < -0.4 is 5.32 Å². The minimum absolute atomic E-state index is 0.181. The summed E-state index contributed by atoms with van der Waals surface area (Å²) in [6.45, 7) is -1.36. The maximum atomic E-state index is 11.9. The van der Waals surface area contributed by atoms with Crippen LogP contribution in [0, 0.1) is 10.1 Å². The van der Waals surface area contributed by atoms with Crippen LogP contribution in [0.25, 0.3) is 0 Å². The lowest BCUT2D eigenvalue weighted by Crippen LogP contribution is -2.28. The van der Waals surface area contributed by atoms with Gasteiger partial charge in [-0.1, -0.05) is 11.6 Å². The molecule has 0 amide bonds. The van der Waals surface area contributed by atoms with Crippen molar-refractivity contribution in [3.05, 3.63) is 38.9 Å². The molecule has 17 heavy (non-hydrogen) atoms. The standard InChI is InChI=1S/C9H8ClF3N2O2/c10-8-2-1-7(15(16)17)3-6(8)4-14-5-9(11,12)13/h1-3,14H,4-5H2. The number of nitrogens with one attached hydrogen (secondary N) is 1. The van der Waals surface area contributed by atoms with Crippen molar-refractivity contribution < 1.29 is 18.1 Å². The Kier molecular flexibility index (Phi) is 4.30. The van der Waals surface area contributed by atoms with E-state index in [-0.39, 0.29) is 22.8 Å². The van der Waals surface area contributed by atoms with Crippen molar-refractivity contribution in [2.75, 3.05) is 6.54 Å². The molecule has 0 aliphatic carbocycles. The third-order valence-corrected chi connectivity index (χ3v) is 2.25. The summed E-state index contributed by atoms with van der Waals surface area (Å²) in [5.74, 6) is 0. The van der Waals surface area contributed by atoms with Gasteiger partial charge in [-0.3, -0.25) is 10.1 Å². The molecule has 0 saturated heterocycles. The van der Waals surface area contributed by atoms with E-state index >= 15 is 0 Å². The molecular formula is C9H8ClF3N2O2. The molecule has 4 nitrogen and oxygen atoms in total. The van der Waals surface area contributed by atoms with E-state index in [1.165, 1.54) is 12.1 Å². The van der Waals surface area contributed by atoms with Crippen LogP contribution in [0.15, 0.2) is 18.2 Å². The second kappa shape index (κ2) is 5.33. The minimum atomic E-state index is -4.33. The zero-order valence-electron chi connectivity index (χ0n) is 8.42. The number of benzene rings is 1. The van der Waals surface area contributed by atoms with Crippen molar-refractivity contribution in [3.8, 4) is 0 Å². The maximum Gasteiger partial charge on any atom is 0.401 e. The predicted octanol–water partition coefficient (Wildman–Crippen LogP) is 2.90. The molecule has 1 N–H and O–H groups in total. The van der Waals surface area contributed by atoms with Crippen LogP contribution in [0.1, 0.15) is 5.56 Å². The molecule has 0 saturated carbocycles. The first-order valence-corrected chi connectivity index (χ1v) is 4.87. The summed E-state index contributed by atoms with van der Waals surface area (Å²) in [6, 6.07) is 3.62. The van der Waals surface area contributed by atoms with Crippen LogP contribution in [0.3, 0.4) is 0 Å². The Morgan fingerprint density at radius 3 is 2.59 bits per heavy atom. The Morgan fingerprint density at radius 2 is 2.06 bits per heavy atom. The fraction of sp³-hybridized carbons (Fsp3) is 0.333. The number of hydrogen-bond acceptors (Lipinski definition) is 3. The fourth-order valence-corrected chi connectivity index (χ4v) is 1.33. The van der Waals surface area contributed by atoms with Crippen LogP contribution in [0.4, 0.5) is 18.9 Å². The molecule has 0 aliphatic heterocycles. The summed E-state index contributed by atoms with van der Waals surface area (Å²) in [5.41, 5.74) is 0.0447. The van der Waals surface area contributed by atoms with Crippen molar-refractivity contribution in [1.82, 2.24) is 5.32 Å². The van der Waals surface area contributed by atoms with Gasteiger partial charge in [0, 0.05) is 23.7 Å². The first kappa shape index (κ1) is 13.7. The molecule has 1 aromatic carbocycles. The van der Waals surface area contributed by atoms with E-state index in [1.54, 1.807) is 0 Å². The van der Waals surface area contributed by atoms with E-state index < -0.39 is 17.6 Å². The van der Waals surface area contributed by atoms with Gasteiger partial charge in [0.05, 0.1) is 11.5 Å². The van der Waals surface area contributed by atoms with Crippen molar-refractivity contribution in [3.63, 3.8) is 0 Å². The van der Waals surface area contributed by atoms with Gasteiger partial charge in [-0.25, -0.2) is 0 Å². The Hall–Kier alpha value is -1.34. The fourth-order valence-electron chi connectivity index (χ4n) is 1.15. The summed E-state index contributed by atoms with van der Waals surface area (Å²) in [6.07, 6.45) is -4.33. The molecule has 1 rings (SSSR count). The smallest absolute Gasteiger partial charge is 0.305 e. The van der Waals surface area contributed by atoms with Crippen molar-refractivity contribution >= 4 is 17.3 Å². The molecular weight excluding hydrogens is 261 g/mol. The molecule has 0 bridgehead atoms. The van der Waals surface area contributed by atoms with Gasteiger partial charge in [0.15, 0.2) is 0 Å². The number of nitro benzene ring substituents is 1. The second-order valence-electron chi connectivity index (χ2n) is 3.25. The summed E-state index contributed by atoms with van der Waals surface area (Å²) >= 11 is 5.71. The van der Waals surface area contributed by atoms with E-state index in [4.69, 9.17) is 11.6 Å². The summed E-state index contributed by atoms with van der Waals surface area (Å²) < 4.78 is 35.6. The van der Waals surface area contributed by atoms with Gasteiger partial charge in [-0.15, -0.1) is 0 Å². The number of hydrogen-bond donors (Lipinski definition) is 1. The van der Waals surface area contributed by atoms with Crippen LogP contribution in [0.5, 0.6) is 0 Å². The lowest BCUT2D eigenvalue weighted by atomic mass is 10.2. The number of nitrogens with zero attached hydrogens (tertiary/aromatic N) is 1. The van der Waals surface area contributed by atoms with Crippen LogP contribution >= 0.6 is 11.6 Å². The zero-order chi connectivity index (χ0) is 13.1. The Morgan fingerprint density at radius 1 is 1.41 bits per heavy atom.